The van der Waals surface area contributed by atoms with Crippen LogP contribution >= 0.6 is 0 Å². The Labute approximate surface area is 187 Å². The van der Waals surface area contributed by atoms with E-state index in [2.05, 4.69) is 10.2 Å². The van der Waals surface area contributed by atoms with Gasteiger partial charge in [0, 0.05) is 13.1 Å². The molecule has 1 aliphatic heterocycles. The average molecular weight is 429 g/mol. The van der Waals surface area contributed by atoms with Crippen LogP contribution in [0.15, 0.2) is 54.6 Å². The number of carbonyl (C=O) groups excluding carboxylic acids is 1. The van der Waals surface area contributed by atoms with Crippen molar-refractivity contribution in [1.82, 2.24) is 24.8 Å². The van der Waals surface area contributed by atoms with Crippen molar-refractivity contribution in [2.45, 2.75) is 25.8 Å². The van der Waals surface area contributed by atoms with E-state index in [1.165, 1.54) is 19.3 Å². The van der Waals surface area contributed by atoms with Crippen LogP contribution in [0.1, 0.15) is 35.2 Å². The SMILES string of the molecule is Nc1c(C(=O)NCCN2CCCCC2)c2nc3ccccc3nc2n1Cc1ccccc1. The Kier molecular flexibility index (Phi) is 5.73. The Morgan fingerprint density at radius 3 is 2.38 bits per heavy atom. The molecule has 1 saturated heterocycles. The average Bonchev–Trinajstić information content (AvgIpc) is 3.09. The van der Waals surface area contributed by atoms with Gasteiger partial charge < -0.3 is 20.5 Å². The van der Waals surface area contributed by atoms with Gasteiger partial charge in [-0.05, 0) is 43.6 Å². The molecule has 0 radical (unpaired) electrons. The lowest BCUT2D eigenvalue weighted by molar-refractivity contribution is 0.0949. The van der Waals surface area contributed by atoms with Crippen molar-refractivity contribution < 1.29 is 4.79 Å². The van der Waals surface area contributed by atoms with Crippen LogP contribution in [0.2, 0.25) is 0 Å². The molecule has 1 aliphatic rings. The van der Waals surface area contributed by atoms with Crippen molar-refractivity contribution in [2.24, 2.45) is 0 Å². The summed E-state index contributed by atoms with van der Waals surface area (Å²) in [6.45, 7) is 4.17. The fourth-order valence-corrected chi connectivity index (χ4v) is 4.47. The minimum absolute atomic E-state index is 0.194. The van der Waals surface area contributed by atoms with Crippen LogP contribution in [-0.4, -0.2) is 51.5 Å². The van der Waals surface area contributed by atoms with Gasteiger partial charge in [-0.25, -0.2) is 9.97 Å². The summed E-state index contributed by atoms with van der Waals surface area (Å²) in [7, 11) is 0. The maximum Gasteiger partial charge on any atom is 0.257 e. The highest BCUT2D eigenvalue weighted by atomic mass is 16.1. The van der Waals surface area contributed by atoms with Gasteiger partial charge in [0.1, 0.15) is 16.9 Å². The topological polar surface area (TPSA) is 89.1 Å². The number of carbonyl (C=O) groups is 1. The molecule has 2 aromatic heterocycles. The summed E-state index contributed by atoms with van der Waals surface area (Å²) < 4.78 is 1.89. The zero-order valence-electron chi connectivity index (χ0n) is 18.1. The number of nitrogens with two attached hydrogens (primary N) is 1. The van der Waals surface area contributed by atoms with Crippen molar-refractivity contribution in [3.8, 4) is 0 Å². The number of nitrogen functional groups attached to an aromatic ring is 1. The van der Waals surface area contributed by atoms with E-state index in [9.17, 15) is 4.79 Å². The summed E-state index contributed by atoms with van der Waals surface area (Å²) >= 11 is 0. The van der Waals surface area contributed by atoms with E-state index in [4.69, 9.17) is 15.7 Å². The molecule has 0 unspecified atom stereocenters. The van der Waals surface area contributed by atoms with E-state index >= 15 is 0 Å². The second-order valence-corrected chi connectivity index (χ2v) is 8.37. The molecular formula is C25H28N6O. The van der Waals surface area contributed by atoms with Gasteiger partial charge in [0.2, 0.25) is 0 Å². The van der Waals surface area contributed by atoms with Crippen LogP contribution in [0.25, 0.3) is 22.2 Å². The fourth-order valence-electron chi connectivity index (χ4n) is 4.47. The molecule has 2 aromatic carbocycles. The molecule has 4 aromatic rings. The Hall–Kier alpha value is -3.45. The second kappa shape index (κ2) is 8.96. The first-order valence-corrected chi connectivity index (χ1v) is 11.3. The van der Waals surface area contributed by atoms with Crippen LogP contribution < -0.4 is 11.1 Å². The first-order chi connectivity index (χ1) is 15.7. The number of para-hydroxylation sites is 2. The van der Waals surface area contributed by atoms with E-state index in [0.717, 1.165) is 36.2 Å². The number of nitrogens with zero attached hydrogens (tertiary/aromatic N) is 4. The lowest BCUT2D eigenvalue weighted by Gasteiger charge is -2.26. The molecule has 1 fully saturated rings. The Morgan fingerprint density at radius 2 is 1.62 bits per heavy atom. The maximum absolute atomic E-state index is 13.2. The highest BCUT2D eigenvalue weighted by Gasteiger charge is 2.24. The lowest BCUT2D eigenvalue weighted by atomic mass is 10.1. The maximum atomic E-state index is 13.2. The predicted molar refractivity (Wildman–Crippen MR) is 128 cm³/mol. The third-order valence-electron chi connectivity index (χ3n) is 6.16. The van der Waals surface area contributed by atoms with E-state index in [1.807, 2.05) is 59.2 Å². The Bertz CT molecular complexity index is 1240. The van der Waals surface area contributed by atoms with Crippen LogP contribution in [0.3, 0.4) is 0 Å². The highest BCUT2D eigenvalue weighted by molar-refractivity contribution is 6.10. The fraction of sp³-hybridized carbons (Fsp3) is 0.320. The molecule has 0 atom stereocenters. The molecule has 7 heteroatoms. The largest absolute Gasteiger partial charge is 0.384 e. The molecule has 7 nitrogen and oxygen atoms in total. The van der Waals surface area contributed by atoms with Crippen LogP contribution in [0.5, 0.6) is 0 Å². The van der Waals surface area contributed by atoms with Gasteiger partial charge >= 0.3 is 0 Å². The molecule has 5 rings (SSSR count). The number of rotatable bonds is 6. The number of likely N-dealkylation sites (tertiary alicyclic amines) is 1. The molecule has 3 heterocycles. The van der Waals surface area contributed by atoms with Gasteiger partial charge in [0.15, 0.2) is 5.65 Å². The first kappa shape index (κ1) is 20.5. The Morgan fingerprint density at radius 1 is 0.938 bits per heavy atom. The van der Waals surface area contributed by atoms with Crippen LogP contribution in [0, 0.1) is 0 Å². The van der Waals surface area contributed by atoms with E-state index in [1.54, 1.807) is 0 Å². The summed E-state index contributed by atoms with van der Waals surface area (Å²) in [6, 6.07) is 17.7. The van der Waals surface area contributed by atoms with Gasteiger partial charge in [0.25, 0.3) is 5.91 Å². The molecule has 0 saturated carbocycles. The van der Waals surface area contributed by atoms with Crippen molar-refractivity contribution in [3.05, 3.63) is 65.7 Å². The van der Waals surface area contributed by atoms with Crippen LogP contribution in [0.4, 0.5) is 5.82 Å². The third kappa shape index (κ3) is 4.03. The molecule has 0 bridgehead atoms. The monoisotopic (exact) mass is 428 g/mol. The molecule has 0 aliphatic carbocycles. The number of nitrogens with one attached hydrogen (secondary N) is 1. The number of aromatic nitrogens is 3. The standard InChI is InChI=1S/C25H28N6O/c26-23-21(25(32)27-13-16-30-14-7-2-8-15-30)22-24(29-20-12-6-5-11-19(20)28-22)31(23)17-18-9-3-1-4-10-18/h1,3-6,9-12H,2,7-8,13-17,26H2,(H,27,32). The zero-order chi connectivity index (χ0) is 21.9. The van der Waals surface area contributed by atoms with E-state index < -0.39 is 0 Å². The van der Waals surface area contributed by atoms with Crippen molar-refractivity contribution in [2.75, 3.05) is 31.9 Å². The predicted octanol–water partition coefficient (Wildman–Crippen LogP) is 3.43. The number of amides is 1. The lowest BCUT2D eigenvalue weighted by Crippen LogP contribution is -2.37. The van der Waals surface area contributed by atoms with Gasteiger partial charge in [-0.15, -0.1) is 0 Å². The van der Waals surface area contributed by atoms with Crippen molar-refractivity contribution in [1.29, 1.82) is 0 Å². The van der Waals surface area contributed by atoms with Gasteiger partial charge in [-0.1, -0.05) is 48.9 Å². The van der Waals surface area contributed by atoms with Gasteiger partial charge in [0.05, 0.1) is 17.6 Å². The quantitative estimate of drug-likeness (QED) is 0.491. The normalized spacial score (nSPS) is 14.8. The molecule has 0 spiro atoms. The second-order valence-electron chi connectivity index (χ2n) is 8.37. The van der Waals surface area contributed by atoms with Crippen molar-refractivity contribution in [3.63, 3.8) is 0 Å². The third-order valence-corrected chi connectivity index (χ3v) is 6.16. The molecule has 1 amide bonds. The van der Waals surface area contributed by atoms with Crippen LogP contribution in [-0.2, 0) is 6.54 Å². The number of hydrogen-bond acceptors (Lipinski definition) is 5. The number of piperidine rings is 1. The highest BCUT2D eigenvalue weighted by Crippen LogP contribution is 2.28. The molecule has 32 heavy (non-hydrogen) atoms. The zero-order valence-corrected chi connectivity index (χ0v) is 18.1. The summed E-state index contributed by atoms with van der Waals surface area (Å²) in [4.78, 5) is 25.2. The van der Waals surface area contributed by atoms with Gasteiger partial charge in [-0.3, -0.25) is 4.79 Å². The molecule has 3 N–H and O–H groups in total. The smallest absolute Gasteiger partial charge is 0.257 e. The van der Waals surface area contributed by atoms with E-state index in [-0.39, 0.29) is 5.91 Å². The van der Waals surface area contributed by atoms with Crippen molar-refractivity contribution >= 4 is 33.9 Å². The summed E-state index contributed by atoms with van der Waals surface area (Å²) in [5, 5.41) is 3.06. The molecular weight excluding hydrogens is 400 g/mol. The molecule has 164 valence electrons. The Balaban J connectivity index is 1.49. The summed E-state index contributed by atoms with van der Waals surface area (Å²) in [5.41, 5.74) is 10.8. The number of anilines is 1. The summed E-state index contributed by atoms with van der Waals surface area (Å²) in [6.07, 6.45) is 3.76. The first-order valence-electron chi connectivity index (χ1n) is 11.3. The minimum atomic E-state index is -0.194. The number of fused-ring (bicyclic) bond motifs is 2. The number of benzene rings is 2. The van der Waals surface area contributed by atoms with E-state index in [0.29, 0.717) is 35.6 Å². The van der Waals surface area contributed by atoms with Gasteiger partial charge in [-0.2, -0.15) is 0 Å². The minimum Gasteiger partial charge on any atom is -0.384 e. The summed E-state index contributed by atoms with van der Waals surface area (Å²) in [5.74, 6) is 0.204. The number of hydrogen-bond donors (Lipinski definition) is 2.